The number of aliphatic carboxylic acids is 2. The molecule has 0 spiro atoms. The van der Waals surface area contributed by atoms with Crippen LogP contribution >= 0.6 is 0 Å². The van der Waals surface area contributed by atoms with E-state index in [0.29, 0.717) is 5.56 Å². The van der Waals surface area contributed by atoms with Gasteiger partial charge < -0.3 is 15.5 Å². The fraction of sp³-hybridized carbons (Fsp3) is 0.308. The van der Waals surface area contributed by atoms with Gasteiger partial charge in [0.15, 0.2) is 0 Å². The molecule has 0 fully saturated rings. The molecule has 1 amide bonds. The predicted molar refractivity (Wildman–Crippen MR) is 70.0 cm³/mol. The van der Waals surface area contributed by atoms with E-state index in [0.717, 1.165) is 4.90 Å². The quantitative estimate of drug-likeness (QED) is 0.619. The second-order valence-corrected chi connectivity index (χ2v) is 4.34. The summed E-state index contributed by atoms with van der Waals surface area (Å²) >= 11 is 0. The molecule has 0 aliphatic rings. The standard InChI is InChI=1S/C13H15FN2O5/c14-10-3-1-9(2-4-10)5-15-11(17)6-16(7-12(18)19)8-13(20)21/h1-4H,5-8H2,(H,15,17)(H,18,19)(H,20,21). The Hall–Kier alpha value is -2.48. The van der Waals surface area contributed by atoms with Crippen LogP contribution < -0.4 is 5.32 Å². The first-order chi connectivity index (χ1) is 9.86. The van der Waals surface area contributed by atoms with Gasteiger partial charge in [0, 0.05) is 6.54 Å². The number of carbonyl (C=O) groups is 3. The van der Waals surface area contributed by atoms with Crippen LogP contribution in [0.3, 0.4) is 0 Å². The van der Waals surface area contributed by atoms with E-state index in [9.17, 15) is 18.8 Å². The van der Waals surface area contributed by atoms with Crippen LogP contribution in [0.15, 0.2) is 24.3 Å². The third-order valence-corrected chi connectivity index (χ3v) is 2.49. The van der Waals surface area contributed by atoms with Crippen LogP contribution in [0.1, 0.15) is 5.56 Å². The van der Waals surface area contributed by atoms with E-state index in [2.05, 4.69) is 5.32 Å². The van der Waals surface area contributed by atoms with Gasteiger partial charge in [0.05, 0.1) is 19.6 Å². The average Bonchev–Trinajstić information content (AvgIpc) is 2.36. The molecule has 0 saturated carbocycles. The van der Waals surface area contributed by atoms with E-state index in [4.69, 9.17) is 10.2 Å². The van der Waals surface area contributed by atoms with Gasteiger partial charge >= 0.3 is 11.9 Å². The van der Waals surface area contributed by atoms with Gasteiger partial charge in [-0.1, -0.05) is 12.1 Å². The van der Waals surface area contributed by atoms with E-state index in [1.807, 2.05) is 0 Å². The van der Waals surface area contributed by atoms with Crippen molar-refractivity contribution in [1.82, 2.24) is 10.2 Å². The minimum atomic E-state index is -1.22. The van der Waals surface area contributed by atoms with Crippen molar-refractivity contribution in [1.29, 1.82) is 0 Å². The van der Waals surface area contributed by atoms with Crippen LogP contribution in [-0.2, 0) is 20.9 Å². The van der Waals surface area contributed by atoms with E-state index in [-0.39, 0.29) is 18.9 Å². The maximum atomic E-state index is 12.7. The number of rotatable bonds is 8. The van der Waals surface area contributed by atoms with Crippen molar-refractivity contribution in [3.05, 3.63) is 35.6 Å². The summed E-state index contributed by atoms with van der Waals surface area (Å²) in [6, 6.07) is 5.51. The van der Waals surface area contributed by atoms with Gasteiger partial charge in [0.2, 0.25) is 5.91 Å². The normalized spacial score (nSPS) is 10.4. The lowest BCUT2D eigenvalue weighted by atomic mass is 10.2. The summed E-state index contributed by atoms with van der Waals surface area (Å²) in [5.41, 5.74) is 0.674. The molecule has 1 aromatic rings. The minimum Gasteiger partial charge on any atom is -0.480 e. The zero-order valence-electron chi connectivity index (χ0n) is 11.1. The monoisotopic (exact) mass is 298 g/mol. The highest BCUT2D eigenvalue weighted by atomic mass is 19.1. The topological polar surface area (TPSA) is 107 Å². The van der Waals surface area contributed by atoms with E-state index >= 15 is 0 Å². The Morgan fingerprint density at radius 2 is 1.52 bits per heavy atom. The zero-order chi connectivity index (χ0) is 15.8. The lowest BCUT2D eigenvalue weighted by Crippen LogP contribution is -2.42. The Kier molecular flexibility index (Phi) is 6.28. The zero-order valence-corrected chi connectivity index (χ0v) is 11.1. The molecule has 21 heavy (non-hydrogen) atoms. The van der Waals surface area contributed by atoms with Crippen molar-refractivity contribution in [2.45, 2.75) is 6.54 Å². The van der Waals surface area contributed by atoms with Crippen LogP contribution in [0.25, 0.3) is 0 Å². The maximum Gasteiger partial charge on any atom is 0.317 e. The third kappa shape index (κ3) is 7.02. The molecule has 0 aromatic heterocycles. The number of hydrogen-bond acceptors (Lipinski definition) is 4. The molecule has 0 aliphatic heterocycles. The summed E-state index contributed by atoms with van der Waals surface area (Å²) in [4.78, 5) is 33.8. The van der Waals surface area contributed by atoms with Crippen LogP contribution in [0, 0.1) is 5.82 Å². The Bertz CT molecular complexity index is 502. The van der Waals surface area contributed by atoms with Crippen LogP contribution in [0.2, 0.25) is 0 Å². The van der Waals surface area contributed by atoms with E-state index in [1.54, 1.807) is 0 Å². The van der Waals surface area contributed by atoms with E-state index in [1.165, 1.54) is 24.3 Å². The highest BCUT2D eigenvalue weighted by Gasteiger charge is 2.16. The molecular formula is C13H15FN2O5. The van der Waals surface area contributed by atoms with Crippen molar-refractivity contribution in [2.75, 3.05) is 19.6 Å². The molecule has 0 radical (unpaired) electrons. The summed E-state index contributed by atoms with van der Waals surface area (Å²) in [7, 11) is 0. The fourth-order valence-electron chi connectivity index (χ4n) is 1.61. The molecule has 0 heterocycles. The molecular weight excluding hydrogens is 283 g/mol. The molecule has 8 heteroatoms. The summed E-state index contributed by atoms with van der Waals surface area (Å²) in [5, 5.41) is 19.8. The SMILES string of the molecule is O=C(O)CN(CC(=O)O)CC(=O)NCc1ccc(F)cc1. The largest absolute Gasteiger partial charge is 0.480 e. The van der Waals surface area contributed by atoms with Gasteiger partial charge in [-0.05, 0) is 17.7 Å². The Balaban J connectivity index is 2.47. The third-order valence-electron chi connectivity index (χ3n) is 2.49. The Labute approximate surface area is 120 Å². The number of halogens is 1. The number of amides is 1. The lowest BCUT2D eigenvalue weighted by Gasteiger charge is -2.17. The number of carbonyl (C=O) groups excluding carboxylic acids is 1. The highest BCUT2D eigenvalue weighted by molar-refractivity contribution is 5.80. The summed E-state index contributed by atoms with van der Waals surface area (Å²) in [6.07, 6.45) is 0. The molecule has 1 aromatic carbocycles. The summed E-state index contributed by atoms with van der Waals surface area (Å²) < 4.78 is 12.7. The molecule has 0 bridgehead atoms. The number of nitrogens with one attached hydrogen (secondary N) is 1. The van der Waals surface area contributed by atoms with Crippen molar-refractivity contribution in [3.63, 3.8) is 0 Å². The Morgan fingerprint density at radius 1 is 1.00 bits per heavy atom. The second kappa shape index (κ2) is 7.95. The van der Waals surface area contributed by atoms with Gasteiger partial charge in [-0.15, -0.1) is 0 Å². The predicted octanol–water partition coefficient (Wildman–Crippen LogP) is -0.0869. The van der Waals surface area contributed by atoms with Crippen LogP contribution in [-0.4, -0.2) is 52.6 Å². The van der Waals surface area contributed by atoms with Crippen molar-refractivity contribution >= 4 is 17.8 Å². The molecule has 0 unspecified atom stereocenters. The van der Waals surface area contributed by atoms with Gasteiger partial charge in [-0.25, -0.2) is 4.39 Å². The van der Waals surface area contributed by atoms with Crippen LogP contribution in [0.5, 0.6) is 0 Å². The first kappa shape index (κ1) is 16.6. The number of hydrogen-bond donors (Lipinski definition) is 3. The first-order valence-electron chi connectivity index (χ1n) is 6.04. The molecule has 0 atom stereocenters. The van der Waals surface area contributed by atoms with Gasteiger partial charge in [0.1, 0.15) is 5.82 Å². The number of nitrogens with zero attached hydrogens (tertiary/aromatic N) is 1. The first-order valence-corrected chi connectivity index (χ1v) is 6.04. The summed E-state index contributed by atoms with van der Waals surface area (Å²) in [5.74, 6) is -3.34. The van der Waals surface area contributed by atoms with Crippen molar-refractivity contribution in [2.24, 2.45) is 0 Å². The molecule has 7 nitrogen and oxygen atoms in total. The van der Waals surface area contributed by atoms with Gasteiger partial charge in [-0.3, -0.25) is 19.3 Å². The molecule has 3 N–H and O–H groups in total. The number of benzene rings is 1. The van der Waals surface area contributed by atoms with E-state index < -0.39 is 30.9 Å². The molecule has 114 valence electrons. The van der Waals surface area contributed by atoms with Crippen molar-refractivity contribution in [3.8, 4) is 0 Å². The Morgan fingerprint density at radius 3 is 2.00 bits per heavy atom. The second-order valence-electron chi connectivity index (χ2n) is 4.34. The number of carboxylic acid groups (broad SMARTS) is 2. The number of carboxylic acids is 2. The molecule has 1 rings (SSSR count). The smallest absolute Gasteiger partial charge is 0.317 e. The van der Waals surface area contributed by atoms with Crippen molar-refractivity contribution < 1.29 is 29.0 Å². The minimum absolute atomic E-state index is 0.146. The van der Waals surface area contributed by atoms with Gasteiger partial charge in [0.25, 0.3) is 0 Å². The average molecular weight is 298 g/mol. The lowest BCUT2D eigenvalue weighted by molar-refractivity contribution is -0.142. The molecule has 0 saturated heterocycles. The highest BCUT2D eigenvalue weighted by Crippen LogP contribution is 2.02. The fourth-order valence-corrected chi connectivity index (χ4v) is 1.61. The van der Waals surface area contributed by atoms with Crippen LogP contribution in [0.4, 0.5) is 4.39 Å². The summed E-state index contributed by atoms with van der Waals surface area (Å²) in [6.45, 7) is -1.29. The van der Waals surface area contributed by atoms with Gasteiger partial charge in [-0.2, -0.15) is 0 Å². The maximum absolute atomic E-state index is 12.7. The molecule has 0 aliphatic carbocycles.